The van der Waals surface area contributed by atoms with E-state index >= 15 is 0 Å². The molecule has 0 fully saturated rings. The van der Waals surface area contributed by atoms with Crippen molar-refractivity contribution < 1.29 is 4.79 Å². The van der Waals surface area contributed by atoms with Crippen molar-refractivity contribution in [1.82, 2.24) is 9.80 Å². The van der Waals surface area contributed by atoms with Gasteiger partial charge in [-0.15, -0.1) is 0 Å². The van der Waals surface area contributed by atoms with E-state index in [2.05, 4.69) is 18.7 Å². The van der Waals surface area contributed by atoms with Gasteiger partial charge in [0, 0.05) is 39.0 Å². The Morgan fingerprint density at radius 2 is 1.69 bits per heavy atom. The number of likely N-dealkylation sites (N-methyl/N-ethyl adjacent to an activating group) is 1. The van der Waals surface area contributed by atoms with Crippen LogP contribution in [0.15, 0.2) is 12.3 Å². The van der Waals surface area contributed by atoms with E-state index in [1.807, 2.05) is 13.1 Å². The van der Waals surface area contributed by atoms with E-state index in [4.69, 9.17) is 0 Å². The third-order valence-electron chi connectivity index (χ3n) is 2.09. The molecule has 76 valence electrons. The van der Waals surface area contributed by atoms with E-state index in [1.165, 1.54) is 0 Å². The van der Waals surface area contributed by atoms with Crippen molar-refractivity contribution in [2.75, 3.05) is 26.7 Å². The first kappa shape index (κ1) is 12.0. The van der Waals surface area contributed by atoms with Crippen LogP contribution in [0.3, 0.4) is 0 Å². The molecule has 0 bridgehead atoms. The molecule has 0 aliphatic heterocycles. The first-order chi connectivity index (χ1) is 6.15. The lowest BCUT2D eigenvalue weighted by molar-refractivity contribution is -0.124. The van der Waals surface area contributed by atoms with Crippen LogP contribution in [0.2, 0.25) is 0 Å². The summed E-state index contributed by atoms with van der Waals surface area (Å²) in [4.78, 5) is 15.1. The Labute approximate surface area is 81.0 Å². The van der Waals surface area contributed by atoms with Gasteiger partial charge in [-0.25, -0.2) is 0 Å². The fourth-order valence-corrected chi connectivity index (χ4v) is 0.887. The maximum absolute atomic E-state index is 11.3. The molecule has 0 radical (unpaired) electrons. The number of nitrogens with zero attached hydrogens (tertiary/aromatic N) is 2. The summed E-state index contributed by atoms with van der Waals surface area (Å²) in [6.45, 7) is 8.74. The lowest BCUT2D eigenvalue weighted by Crippen LogP contribution is -2.25. The maximum atomic E-state index is 11.3. The van der Waals surface area contributed by atoms with Gasteiger partial charge < -0.3 is 9.80 Å². The standard InChI is InChI=1S/C10H20N2O/c1-5-11(4)10(13)8-9-12(6-2)7-3/h8-9H,5-7H2,1-4H3. The Hall–Kier alpha value is -0.990. The minimum absolute atomic E-state index is 0.0643. The molecule has 3 nitrogen and oxygen atoms in total. The molecule has 0 aromatic rings. The average molecular weight is 184 g/mol. The molecule has 0 saturated heterocycles. The molecule has 13 heavy (non-hydrogen) atoms. The molecule has 0 aromatic carbocycles. The van der Waals surface area contributed by atoms with Gasteiger partial charge in [0.15, 0.2) is 0 Å². The van der Waals surface area contributed by atoms with E-state index in [0.717, 1.165) is 19.6 Å². The third-order valence-corrected chi connectivity index (χ3v) is 2.09. The number of carbonyl (C=O) groups excluding carboxylic acids is 1. The first-order valence-corrected chi connectivity index (χ1v) is 4.83. The monoisotopic (exact) mass is 184 g/mol. The Balaban J connectivity index is 4.02. The highest BCUT2D eigenvalue weighted by atomic mass is 16.2. The van der Waals surface area contributed by atoms with E-state index in [-0.39, 0.29) is 5.91 Å². The van der Waals surface area contributed by atoms with Gasteiger partial charge >= 0.3 is 0 Å². The number of hydrogen-bond acceptors (Lipinski definition) is 2. The highest BCUT2D eigenvalue weighted by Crippen LogP contribution is 1.91. The second-order valence-corrected chi connectivity index (χ2v) is 2.89. The van der Waals surface area contributed by atoms with Crippen molar-refractivity contribution in [3.8, 4) is 0 Å². The lowest BCUT2D eigenvalue weighted by Gasteiger charge is -2.16. The van der Waals surface area contributed by atoms with Gasteiger partial charge in [-0.05, 0) is 20.8 Å². The van der Waals surface area contributed by atoms with Crippen LogP contribution in [0.1, 0.15) is 20.8 Å². The molecule has 0 heterocycles. The van der Waals surface area contributed by atoms with Gasteiger partial charge in [0.2, 0.25) is 5.91 Å². The quantitative estimate of drug-likeness (QED) is 0.602. The van der Waals surface area contributed by atoms with Crippen molar-refractivity contribution >= 4 is 5.91 Å². The highest BCUT2D eigenvalue weighted by Gasteiger charge is 2.00. The third kappa shape index (κ3) is 4.55. The predicted molar refractivity (Wildman–Crippen MR) is 55.4 cm³/mol. The number of rotatable bonds is 5. The van der Waals surface area contributed by atoms with Crippen LogP contribution in [-0.2, 0) is 4.79 Å². The summed E-state index contributed by atoms with van der Waals surface area (Å²) in [5.41, 5.74) is 0. The summed E-state index contributed by atoms with van der Waals surface area (Å²) in [6, 6.07) is 0. The minimum Gasteiger partial charge on any atom is -0.378 e. The molecular weight excluding hydrogens is 164 g/mol. The van der Waals surface area contributed by atoms with Gasteiger partial charge in [0.1, 0.15) is 0 Å². The van der Waals surface area contributed by atoms with Gasteiger partial charge in [-0.1, -0.05) is 0 Å². The second kappa shape index (κ2) is 6.52. The number of carbonyl (C=O) groups is 1. The van der Waals surface area contributed by atoms with Crippen molar-refractivity contribution in [1.29, 1.82) is 0 Å². The zero-order chi connectivity index (χ0) is 10.3. The summed E-state index contributed by atoms with van der Waals surface area (Å²) in [5, 5.41) is 0. The zero-order valence-corrected chi connectivity index (χ0v) is 9.08. The molecule has 0 saturated carbocycles. The van der Waals surface area contributed by atoms with Crippen LogP contribution in [-0.4, -0.2) is 42.4 Å². The first-order valence-electron chi connectivity index (χ1n) is 4.83. The predicted octanol–water partition coefficient (Wildman–Crippen LogP) is 1.32. The summed E-state index contributed by atoms with van der Waals surface area (Å²) in [7, 11) is 1.80. The molecule has 0 aromatic heterocycles. The molecule has 0 unspecified atom stereocenters. The molecule has 0 spiro atoms. The van der Waals surface area contributed by atoms with Crippen LogP contribution in [0.5, 0.6) is 0 Å². The smallest absolute Gasteiger partial charge is 0.247 e. The van der Waals surface area contributed by atoms with Crippen LogP contribution in [0.25, 0.3) is 0 Å². The molecular formula is C10H20N2O. The molecule has 0 aliphatic carbocycles. The fraction of sp³-hybridized carbons (Fsp3) is 0.700. The minimum atomic E-state index is 0.0643. The van der Waals surface area contributed by atoms with Gasteiger partial charge in [0.25, 0.3) is 0 Å². The van der Waals surface area contributed by atoms with E-state index in [0.29, 0.717) is 0 Å². The Morgan fingerprint density at radius 3 is 2.08 bits per heavy atom. The van der Waals surface area contributed by atoms with E-state index in [9.17, 15) is 4.79 Å². The summed E-state index contributed by atoms with van der Waals surface area (Å²) < 4.78 is 0. The van der Waals surface area contributed by atoms with Crippen LogP contribution in [0, 0.1) is 0 Å². The topological polar surface area (TPSA) is 23.6 Å². The zero-order valence-electron chi connectivity index (χ0n) is 9.08. The molecule has 0 N–H and O–H groups in total. The summed E-state index contributed by atoms with van der Waals surface area (Å²) in [5.74, 6) is 0.0643. The Bertz CT molecular complexity index is 174. The van der Waals surface area contributed by atoms with Crippen molar-refractivity contribution in [3.05, 3.63) is 12.3 Å². The highest BCUT2D eigenvalue weighted by molar-refractivity contribution is 5.87. The molecule has 0 rings (SSSR count). The van der Waals surface area contributed by atoms with Crippen molar-refractivity contribution in [3.63, 3.8) is 0 Å². The Morgan fingerprint density at radius 1 is 1.15 bits per heavy atom. The average Bonchev–Trinajstić information content (AvgIpc) is 2.17. The Kier molecular flexibility index (Phi) is 6.02. The van der Waals surface area contributed by atoms with Crippen LogP contribution >= 0.6 is 0 Å². The fourth-order valence-electron chi connectivity index (χ4n) is 0.887. The number of hydrogen-bond donors (Lipinski definition) is 0. The van der Waals surface area contributed by atoms with E-state index < -0.39 is 0 Å². The van der Waals surface area contributed by atoms with Crippen LogP contribution in [0.4, 0.5) is 0 Å². The van der Waals surface area contributed by atoms with Crippen molar-refractivity contribution in [2.45, 2.75) is 20.8 Å². The molecule has 0 aliphatic rings. The SMILES string of the molecule is CCN(C=CC(=O)N(C)CC)CC. The van der Waals surface area contributed by atoms with Gasteiger partial charge in [-0.2, -0.15) is 0 Å². The van der Waals surface area contributed by atoms with Crippen LogP contribution < -0.4 is 0 Å². The lowest BCUT2D eigenvalue weighted by atomic mass is 10.4. The largest absolute Gasteiger partial charge is 0.378 e. The van der Waals surface area contributed by atoms with Gasteiger partial charge in [-0.3, -0.25) is 4.79 Å². The van der Waals surface area contributed by atoms with E-state index in [1.54, 1.807) is 18.0 Å². The normalized spacial score (nSPS) is 10.5. The second-order valence-electron chi connectivity index (χ2n) is 2.89. The number of amides is 1. The molecule has 0 atom stereocenters. The molecule has 3 heteroatoms. The maximum Gasteiger partial charge on any atom is 0.247 e. The summed E-state index contributed by atoms with van der Waals surface area (Å²) >= 11 is 0. The molecule has 1 amide bonds. The summed E-state index contributed by atoms with van der Waals surface area (Å²) in [6.07, 6.45) is 3.48. The van der Waals surface area contributed by atoms with Crippen molar-refractivity contribution in [2.24, 2.45) is 0 Å². The van der Waals surface area contributed by atoms with Gasteiger partial charge in [0.05, 0.1) is 0 Å².